The Hall–Kier alpha value is -3.16. The van der Waals surface area contributed by atoms with E-state index in [-0.39, 0.29) is 11.3 Å². The molecule has 0 saturated heterocycles. The molecule has 8 heteroatoms. The molecule has 0 radical (unpaired) electrons. The van der Waals surface area contributed by atoms with Gasteiger partial charge in [0.25, 0.3) is 5.91 Å². The van der Waals surface area contributed by atoms with Crippen LogP contribution in [-0.2, 0) is 9.53 Å². The molecule has 0 spiro atoms. The number of carbonyl (C=O) groups is 2. The maximum absolute atomic E-state index is 13.1. The van der Waals surface area contributed by atoms with E-state index in [1.54, 1.807) is 6.07 Å². The minimum atomic E-state index is -1.09. The number of methoxy groups -OCH3 is 1. The summed E-state index contributed by atoms with van der Waals surface area (Å²) in [6.45, 7) is 1.98. The van der Waals surface area contributed by atoms with Crippen molar-refractivity contribution in [1.82, 2.24) is 0 Å². The van der Waals surface area contributed by atoms with Crippen LogP contribution in [0.15, 0.2) is 36.4 Å². The van der Waals surface area contributed by atoms with Gasteiger partial charge >= 0.3 is 5.97 Å². The average Bonchev–Trinajstić information content (AvgIpc) is 2.69. The zero-order chi connectivity index (χ0) is 20.5. The third-order valence-corrected chi connectivity index (χ3v) is 3.69. The minimum Gasteiger partial charge on any atom is -0.493 e. The van der Waals surface area contributed by atoms with Gasteiger partial charge in [-0.15, -0.1) is 0 Å². The van der Waals surface area contributed by atoms with E-state index < -0.39 is 30.1 Å². The third-order valence-electron chi connectivity index (χ3n) is 3.69. The standard InChI is InChI=1S/C20H21F2NO5/c1-3-4-9-27-17-8-5-13(10-18(17)26-2)20(25)28-12-19(24)23-14-6-7-15(21)16(22)11-14/h5-8,10-11H,3-4,9,12H2,1-2H3,(H,23,24). The monoisotopic (exact) mass is 393 g/mol. The molecule has 6 nitrogen and oxygen atoms in total. The number of benzene rings is 2. The molecule has 0 fully saturated rings. The van der Waals surface area contributed by atoms with Gasteiger partial charge in [-0.3, -0.25) is 4.79 Å². The Morgan fingerprint density at radius 2 is 1.82 bits per heavy atom. The fourth-order valence-corrected chi connectivity index (χ4v) is 2.23. The third kappa shape index (κ3) is 5.94. The first-order valence-electron chi connectivity index (χ1n) is 8.67. The van der Waals surface area contributed by atoms with E-state index in [9.17, 15) is 18.4 Å². The number of hydrogen-bond acceptors (Lipinski definition) is 5. The molecule has 0 aliphatic heterocycles. The zero-order valence-corrected chi connectivity index (χ0v) is 15.6. The van der Waals surface area contributed by atoms with Gasteiger partial charge in [0, 0.05) is 11.8 Å². The molecule has 0 atom stereocenters. The molecular formula is C20H21F2NO5. The van der Waals surface area contributed by atoms with E-state index in [4.69, 9.17) is 14.2 Å². The summed E-state index contributed by atoms with van der Waals surface area (Å²) >= 11 is 0. The van der Waals surface area contributed by atoms with E-state index in [1.165, 1.54) is 25.3 Å². The van der Waals surface area contributed by atoms with Crippen molar-refractivity contribution < 1.29 is 32.6 Å². The lowest BCUT2D eigenvalue weighted by Crippen LogP contribution is -2.21. The van der Waals surface area contributed by atoms with Gasteiger partial charge in [0.05, 0.1) is 19.3 Å². The van der Waals surface area contributed by atoms with E-state index in [0.29, 0.717) is 18.1 Å². The van der Waals surface area contributed by atoms with Gasteiger partial charge in [-0.2, -0.15) is 0 Å². The van der Waals surface area contributed by atoms with Gasteiger partial charge in [0.15, 0.2) is 29.7 Å². The number of carbonyl (C=O) groups excluding carboxylic acids is 2. The highest BCUT2D eigenvalue weighted by Gasteiger charge is 2.14. The first-order valence-corrected chi connectivity index (χ1v) is 8.67. The normalized spacial score (nSPS) is 10.3. The number of esters is 1. The number of ether oxygens (including phenoxy) is 3. The Bertz CT molecular complexity index is 841. The van der Waals surface area contributed by atoms with Crippen molar-refractivity contribution in [1.29, 1.82) is 0 Å². The maximum Gasteiger partial charge on any atom is 0.338 e. The molecule has 2 rings (SSSR count). The summed E-state index contributed by atoms with van der Waals surface area (Å²) in [7, 11) is 1.45. The first-order chi connectivity index (χ1) is 13.4. The number of halogens is 2. The number of nitrogens with one attached hydrogen (secondary N) is 1. The summed E-state index contributed by atoms with van der Waals surface area (Å²) < 4.78 is 41.8. The molecule has 0 heterocycles. The lowest BCUT2D eigenvalue weighted by molar-refractivity contribution is -0.119. The van der Waals surface area contributed by atoms with Gasteiger partial charge < -0.3 is 19.5 Å². The average molecular weight is 393 g/mol. The van der Waals surface area contributed by atoms with Gasteiger partial charge in [-0.25, -0.2) is 13.6 Å². The summed E-state index contributed by atoms with van der Waals surface area (Å²) in [6.07, 6.45) is 1.87. The molecule has 0 aromatic heterocycles. The van der Waals surface area contributed by atoms with Crippen LogP contribution in [0.2, 0.25) is 0 Å². The van der Waals surface area contributed by atoms with Crippen LogP contribution in [-0.4, -0.2) is 32.2 Å². The molecule has 1 N–H and O–H groups in total. The van der Waals surface area contributed by atoms with Crippen LogP contribution in [0.1, 0.15) is 30.1 Å². The summed E-state index contributed by atoms with van der Waals surface area (Å²) in [5.41, 5.74) is 0.232. The highest BCUT2D eigenvalue weighted by molar-refractivity contribution is 5.95. The van der Waals surface area contributed by atoms with Crippen LogP contribution in [0, 0.1) is 11.6 Å². The van der Waals surface area contributed by atoms with Crippen molar-refractivity contribution in [2.75, 3.05) is 25.6 Å². The van der Waals surface area contributed by atoms with Gasteiger partial charge in [0.1, 0.15) is 0 Å². The Kier molecular flexibility index (Phi) is 7.74. The quantitative estimate of drug-likeness (QED) is 0.516. The highest BCUT2D eigenvalue weighted by atomic mass is 19.2. The van der Waals surface area contributed by atoms with Crippen molar-refractivity contribution in [3.63, 3.8) is 0 Å². The van der Waals surface area contributed by atoms with Crippen molar-refractivity contribution in [3.05, 3.63) is 53.6 Å². The van der Waals surface area contributed by atoms with Crippen LogP contribution in [0.25, 0.3) is 0 Å². The number of amides is 1. The van der Waals surface area contributed by atoms with Crippen molar-refractivity contribution in [2.45, 2.75) is 19.8 Å². The zero-order valence-electron chi connectivity index (χ0n) is 15.6. The fraction of sp³-hybridized carbons (Fsp3) is 0.300. The predicted octanol–water partition coefficient (Wildman–Crippen LogP) is 3.95. The smallest absolute Gasteiger partial charge is 0.338 e. The molecule has 0 aliphatic rings. The summed E-state index contributed by atoms with van der Waals surface area (Å²) in [5, 5.41) is 2.31. The van der Waals surface area contributed by atoms with E-state index in [1.807, 2.05) is 6.92 Å². The van der Waals surface area contributed by atoms with Crippen LogP contribution < -0.4 is 14.8 Å². The van der Waals surface area contributed by atoms with Gasteiger partial charge in [0.2, 0.25) is 0 Å². The lowest BCUT2D eigenvalue weighted by Gasteiger charge is -2.12. The molecular weight excluding hydrogens is 372 g/mol. The molecule has 2 aromatic rings. The largest absolute Gasteiger partial charge is 0.493 e. The van der Waals surface area contributed by atoms with Crippen LogP contribution >= 0.6 is 0 Å². The minimum absolute atomic E-state index is 0.0511. The highest BCUT2D eigenvalue weighted by Crippen LogP contribution is 2.28. The summed E-state index contributed by atoms with van der Waals surface area (Å²) in [4.78, 5) is 24.0. The van der Waals surface area contributed by atoms with E-state index in [0.717, 1.165) is 25.0 Å². The second-order valence-corrected chi connectivity index (χ2v) is 5.82. The molecule has 0 bridgehead atoms. The Morgan fingerprint density at radius 1 is 1.04 bits per heavy atom. The molecule has 150 valence electrons. The molecule has 1 amide bonds. The molecule has 28 heavy (non-hydrogen) atoms. The first kappa shape index (κ1) is 21.1. The van der Waals surface area contributed by atoms with Crippen LogP contribution in [0.4, 0.5) is 14.5 Å². The molecule has 0 unspecified atom stereocenters. The van der Waals surface area contributed by atoms with E-state index >= 15 is 0 Å². The van der Waals surface area contributed by atoms with Gasteiger partial charge in [-0.1, -0.05) is 13.3 Å². The molecule has 2 aromatic carbocycles. The number of anilines is 1. The SMILES string of the molecule is CCCCOc1ccc(C(=O)OCC(=O)Nc2ccc(F)c(F)c2)cc1OC. The van der Waals surface area contributed by atoms with Crippen LogP contribution in [0.3, 0.4) is 0 Å². The Morgan fingerprint density at radius 3 is 2.50 bits per heavy atom. The van der Waals surface area contributed by atoms with Crippen molar-refractivity contribution in [3.8, 4) is 11.5 Å². The van der Waals surface area contributed by atoms with Crippen molar-refractivity contribution in [2.24, 2.45) is 0 Å². The molecule has 0 aliphatic carbocycles. The van der Waals surface area contributed by atoms with E-state index in [2.05, 4.69) is 5.32 Å². The van der Waals surface area contributed by atoms with Crippen LogP contribution in [0.5, 0.6) is 11.5 Å². The summed E-state index contributed by atoms with van der Waals surface area (Å²) in [5.74, 6) is -2.67. The Labute approximate surface area is 161 Å². The maximum atomic E-state index is 13.1. The second kappa shape index (κ2) is 10.2. The topological polar surface area (TPSA) is 73.9 Å². The number of rotatable bonds is 9. The second-order valence-electron chi connectivity index (χ2n) is 5.82. The lowest BCUT2D eigenvalue weighted by atomic mass is 10.2. The predicted molar refractivity (Wildman–Crippen MR) is 98.7 cm³/mol. The molecule has 0 saturated carbocycles. The number of hydrogen-bond donors (Lipinski definition) is 1. The van der Waals surface area contributed by atoms with Crippen molar-refractivity contribution >= 4 is 17.6 Å². The number of unbranched alkanes of at least 4 members (excludes halogenated alkanes) is 1. The van der Waals surface area contributed by atoms with Gasteiger partial charge in [-0.05, 0) is 36.8 Å². The summed E-state index contributed by atoms with van der Waals surface area (Å²) in [6, 6.07) is 7.45. The Balaban J connectivity index is 1.92. The fourth-order valence-electron chi connectivity index (χ4n) is 2.23.